The van der Waals surface area contributed by atoms with E-state index in [4.69, 9.17) is 5.73 Å². The number of nitrogens with zero attached hydrogens (tertiary/aromatic N) is 3. The lowest BCUT2D eigenvalue weighted by Gasteiger charge is -2.26. The Hall–Kier alpha value is -2.41. The lowest BCUT2D eigenvalue weighted by atomic mass is 9.74. The molecule has 0 radical (unpaired) electrons. The molecule has 20 heavy (non-hydrogen) atoms. The average molecular weight is 266 g/mol. The molecule has 0 saturated heterocycles. The Morgan fingerprint density at radius 2 is 1.65 bits per heavy atom. The van der Waals surface area contributed by atoms with Gasteiger partial charge in [-0.2, -0.15) is 5.26 Å². The second kappa shape index (κ2) is 5.30. The highest BCUT2D eigenvalue weighted by Crippen LogP contribution is 2.32. The van der Waals surface area contributed by atoms with Crippen molar-refractivity contribution >= 4 is 5.95 Å². The zero-order valence-corrected chi connectivity index (χ0v) is 12.0. The van der Waals surface area contributed by atoms with Gasteiger partial charge in [0.25, 0.3) is 0 Å². The topological polar surface area (TPSA) is 75.6 Å². The van der Waals surface area contributed by atoms with Gasteiger partial charge in [0.15, 0.2) is 0 Å². The molecule has 4 nitrogen and oxygen atoms in total. The van der Waals surface area contributed by atoms with Gasteiger partial charge in [-0.15, -0.1) is 0 Å². The van der Waals surface area contributed by atoms with Crippen molar-refractivity contribution < 1.29 is 0 Å². The molecular weight excluding hydrogens is 248 g/mol. The molecule has 102 valence electrons. The van der Waals surface area contributed by atoms with Crippen molar-refractivity contribution in [3.05, 3.63) is 42.2 Å². The van der Waals surface area contributed by atoms with Gasteiger partial charge in [-0.1, -0.05) is 38.1 Å². The van der Waals surface area contributed by atoms with E-state index in [9.17, 15) is 5.26 Å². The Bertz CT molecular complexity index is 623. The predicted molar refractivity (Wildman–Crippen MR) is 79.7 cm³/mol. The standard InChI is InChI=1S/C16H18N4/c1-11(2)16(3,10-17)14-6-4-12(5-7-14)13-8-19-15(18)20-9-13/h4-9,11H,1-3H3,(H2,18,19,20). The van der Waals surface area contributed by atoms with Crippen LogP contribution in [0.25, 0.3) is 11.1 Å². The van der Waals surface area contributed by atoms with Crippen LogP contribution in [0.5, 0.6) is 0 Å². The van der Waals surface area contributed by atoms with Crippen LogP contribution in [-0.4, -0.2) is 9.97 Å². The number of aromatic nitrogens is 2. The molecule has 1 aromatic carbocycles. The lowest BCUT2D eigenvalue weighted by Crippen LogP contribution is -2.26. The summed E-state index contributed by atoms with van der Waals surface area (Å²) in [6.45, 7) is 6.09. The zero-order valence-electron chi connectivity index (χ0n) is 12.0. The van der Waals surface area contributed by atoms with E-state index in [0.717, 1.165) is 16.7 Å². The van der Waals surface area contributed by atoms with Crippen LogP contribution in [0.3, 0.4) is 0 Å². The second-order valence-electron chi connectivity index (χ2n) is 5.38. The van der Waals surface area contributed by atoms with E-state index < -0.39 is 5.41 Å². The van der Waals surface area contributed by atoms with Crippen LogP contribution in [0.1, 0.15) is 26.3 Å². The molecular formula is C16H18N4. The van der Waals surface area contributed by atoms with Crippen molar-refractivity contribution in [2.75, 3.05) is 5.73 Å². The maximum Gasteiger partial charge on any atom is 0.219 e. The first-order valence-electron chi connectivity index (χ1n) is 6.57. The van der Waals surface area contributed by atoms with Crippen LogP contribution < -0.4 is 5.73 Å². The van der Waals surface area contributed by atoms with Gasteiger partial charge >= 0.3 is 0 Å². The first-order valence-corrected chi connectivity index (χ1v) is 6.57. The molecule has 1 atom stereocenters. The minimum atomic E-state index is -0.476. The molecule has 0 fully saturated rings. The van der Waals surface area contributed by atoms with Gasteiger partial charge < -0.3 is 5.73 Å². The van der Waals surface area contributed by atoms with Crippen LogP contribution >= 0.6 is 0 Å². The summed E-state index contributed by atoms with van der Waals surface area (Å²) in [7, 11) is 0. The van der Waals surface area contributed by atoms with Gasteiger partial charge in [-0.25, -0.2) is 9.97 Å². The molecule has 0 bridgehead atoms. The molecule has 0 amide bonds. The summed E-state index contributed by atoms with van der Waals surface area (Å²) >= 11 is 0. The highest BCUT2D eigenvalue weighted by Gasteiger charge is 2.30. The molecule has 0 aliphatic heterocycles. The molecule has 2 aromatic rings. The Labute approximate surface area is 119 Å². The monoisotopic (exact) mass is 266 g/mol. The van der Waals surface area contributed by atoms with Crippen molar-refractivity contribution in [3.8, 4) is 17.2 Å². The van der Waals surface area contributed by atoms with Crippen LogP contribution in [0.4, 0.5) is 5.95 Å². The molecule has 0 saturated carbocycles. The molecule has 4 heteroatoms. The third-order valence-corrected chi connectivity index (χ3v) is 3.88. The van der Waals surface area contributed by atoms with E-state index in [0.29, 0.717) is 0 Å². The quantitative estimate of drug-likeness (QED) is 0.925. The van der Waals surface area contributed by atoms with E-state index in [1.165, 1.54) is 0 Å². The van der Waals surface area contributed by atoms with Crippen LogP contribution in [0.15, 0.2) is 36.7 Å². The second-order valence-corrected chi connectivity index (χ2v) is 5.38. The van der Waals surface area contributed by atoms with E-state index in [1.807, 2.05) is 31.2 Å². The SMILES string of the molecule is CC(C)C(C)(C#N)c1ccc(-c2cnc(N)nc2)cc1. The molecule has 0 aliphatic rings. The molecule has 0 spiro atoms. The van der Waals surface area contributed by atoms with Crippen molar-refractivity contribution in [3.63, 3.8) is 0 Å². The molecule has 2 N–H and O–H groups in total. The van der Waals surface area contributed by atoms with Crippen molar-refractivity contribution in [1.29, 1.82) is 5.26 Å². The van der Waals surface area contributed by atoms with E-state index in [1.54, 1.807) is 12.4 Å². The number of hydrogen-bond donors (Lipinski definition) is 1. The van der Waals surface area contributed by atoms with Crippen LogP contribution in [-0.2, 0) is 5.41 Å². The normalized spacial score (nSPS) is 13.8. The third kappa shape index (κ3) is 2.48. The molecule has 1 heterocycles. The molecule has 1 unspecified atom stereocenters. The molecule has 2 rings (SSSR count). The van der Waals surface area contributed by atoms with Crippen molar-refractivity contribution in [1.82, 2.24) is 9.97 Å². The summed E-state index contributed by atoms with van der Waals surface area (Å²) in [6.07, 6.45) is 3.40. The van der Waals surface area contributed by atoms with Crippen molar-refractivity contribution in [2.24, 2.45) is 5.92 Å². The number of nitriles is 1. The number of nitrogen functional groups attached to an aromatic ring is 1. The minimum Gasteiger partial charge on any atom is -0.368 e. The average Bonchev–Trinajstić information content (AvgIpc) is 2.47. The summed E-state index contributed by atoms with van der Waals surface area (Å²) < 4.78 is 0. The van der Waals surface area contributed by atoms with Gasteiger partial charge in [-0.05, 0) is 24.0 Å². The fraction of sp³-hybridized carbons (Fsp3) is 0.312. The fourth-order valence-corrected chi connectivity index (χ4v) is 2.02. The Morgan fingerprint density at radius 1 is 1.10 bits per heavy atom. The summed E-state index contributed by atoms with van der Waals surface area (Å²) in [5.74, 6) is 0.514. The van der Waals surface area contributed by atoms with Gasteiger partial charge in [0.05, 0.1) is 11.5 Å². The van der Waals surface area contributed by atoms with Crippen molar-refractivity contribution in [2.45, 2.75) is 26.2 Å². The summed E-state index contributed by atoms with van der Waals surface area (Å²) in [5.41, 5.74) is 7.95. The number of hydrogen-bond acceptors (Lipinski definition) is 4. The summed E-state index contributed by atoms with van der Waals surface area (Å²) in [4.78, 5) is 7.97. The Morgan fingerprint density at radius 3 is 2.10 bits per heavy atom. The highest BCUT2D eigenvalue weighted by atomic mass is 15.0. The fourth-order valence-electron chi connectivity index (χ4n) is 2.02. The number of nitrogens with two attached hydrogens (primary N) is 1. The number of anilines is 1. The van der Waals surface area contributed by atoms with Crippen LogP contribution in [0.2, 0.25) is 0 Å². The number of rotatable bonds is 3. The maximum atomic E-state index is 9.44. The number of benzene rings is 1. The van der Waals surface area contributed by atoms with Gasteiger partial charge in [0.1, 0.15) is 0 Å². The first-order chi connectivity index (χ1) is 9.47. The van der Waals surface area contributed by atoms with Crippen LogP contribution in [0, 0.1) is 17.2 Å². The molecule has 1 aromatic heterocycles. The van der Waals surface area contributed by atoms with Gasteiger partial charge in [-0.3, -0.25) is 0 Å². The Balaban J connectivity index is 2.36. The first kappa shape index (κ1) is 14.0. The summed E-state index contributed by atoms with van der Waals surface area (Å²) in [6, 6.07) is 10.4. The largest absolute Gasteiger partial charge is 0.368 e. The van der Waals surface area contributed by atoms with E-state index >= 15 is 0 Å². The zero-order chi connectivity index (χ0) is 14.8. The smallest absolute Gasteiger partial charge is 0.219 e. The van der Waals surface area contributed by atoms with Gasteiger partial charge in [0.2, 0.25) is 5.95 Å². The predicted octanol–water partition coefficient (Wildman–Crippen LogP) is 3.16. The molecule has 0 aliphatic carbocycles. The summed E-state index contributed by atoms with van der Waals surface area (Å²) in [5, 5.41) is 9.44. The van der Waals surface area contributed by atoms with E-state index in [-0.39, 0.29) is 11.9 Å². The van der Waals surface area contributed by atoms with Gasteiger partial charge in [0, 0.05) is 18.0 Å². The third-order valence-electron chi connectivity index (χ3n) is 3.88. The maximum absolute atomic E-state index is 9.44. The lowest BCUT2D eigenvalue weighted by molar-refractivity contribution is 0.431. The highest BCUT2D eigenvalue weighted by molar-refractivity contribution is 5.62. The van der Waals surface area contributed by atoms with E-state index in [2.05, 4.69) is 29.9 Å². The minimum absolute atomic E-state index is 0.248. The Kier molecular flexibility index (Phi) is 3.71.